The zero-order valence-electron chi connectivity index (χ0n) is 13.9. The molecule has 0 atom stereocenters. The highest BCUT2D eigenvalue weighted by Gasteiger charge is 2.23. The van der Waals surface area contributed by atoms with E-state index in [9.17, 15) is 9.59 Å². The van der Waals surface area contributed by atoms with Crippen LogP contribution in [-0.2, 0) is 4.79 Å². The molecule has 0 saturated heterocycles. The third kappa shape index (κ3) is 2.97. The van der Waals surface area contributed by atoms with E-state index in [1.54, 1.807) is 35.0 Å². The Labute approximate surface area is 141 Å². The first kappa shape index (κ1) is 16.1. The van der Waals surface area contributed by atoms with Crippen LogP contribution in [0.5, 0.6) is 5.75 Å². The smallest absolute Gasteiger partial charge is 0.258 e. The van der Waals surface area contributed by atoms with Crippen molar-refractivity contribution < 1.29 is 14.3 Å². The fraction of sp³-hybridized carbons (Fsp3) is 0.263. The fourth-order valence-electron chi connectivity index (χ4n) is 2.79. The number of hydrogen-bond donors (Lipinski definition) is 0. The largest absolute Gasteiger partial charge is 0.491 e. The number of para-hydroxylation sites is 1. The summed E-state index contributed by atoms with van der Waals surface area (Å²) in [5.74, 6) is 0.507. The van der Waals surface area contributed by atoms with Crippen LogP contribution in [0, 0.1) is 0 Å². The van der Waals surface area contributed by atoms with E-state index in [1.807, 2.05) is 37.3 Å². The molecular formula is C19H20N2O3. The summed E-state index contributed by atoms with van der Waals surface area (Å²) in [6.45, 7) is 2.85. The van der Waals surface area contributed by atoms with Gasteiger partial charge in [0, 0.05) is 24.8 Å². The topological polar surface area (TPSA) is 49.9 Å². The first-order chi connectivity index (χ1) is 11.6. The van der Waals surface area contributed by atoms with Crippen LogP contribution in [0.15, 0.2) is 48.5 Å². The zero-order valence-corrected chi connectivity index (χ0v) is 13.9. The molecule has 3 rings (SSSR count). The van der Waals surface area contributed by atoms with Gasteiger partial charge in [-0.15, -0.1) is 0 Å². The molecule has 0 fully saturated rings. The van der Waals surface area contributed by atoms with E-state index in [-0.39, 0.29) is 11.8 Å². The molecular weight excluding hydrogens is 304 g/mol. The molecule has 24 heavy (non-hydrogen) atoms. The first-order valence-electron chi connectivity index (χ1n) is 8.02. The molecule has 5 nitrogen and oxygen atoms in total. The predicted molar refractivity (Wildman–Crippen MR) is 93.8 cm³/mol. The van der Waals surface area contributed by atoms with Gasteiger partial charge in [-0.3, -0.25) is 9.59 Å². The standard InChI is InChI=1S/C19H20N2O3/c1-3-21(15-7-5-4-6-8-15)19(23)14-9-10-17-16(13-14)20(2)18(22)11-12-24-17/h4-10,13H,3,11-12H2,1-2H3. The van der Waals surface area contributed by atoms with Crippen molar-refractivity contribution in [1.29, 1.82) is 0 Å². The van der Waals surface area contributed by atoms with Gasteiger partial charge in [-0.2, -0.15) is 0 Å². The minimum absolute atomic E-state index is 0.0197. The average Bonchev–Trinajstić information content (AvgIpc) is 2.75. The zero-order chi connectivity index (χ0) is 17.1. The van der Waals surface area contributed by atoms with Gasteiger partial charge in [0.25, 0.3) is 5.91 Å². The van der Waals surface area contributed by atoms with E-state index in [0.717, 1.165) is 5.69 Å². The van der Waals surface area contributed by atoms with Crippen LogP contribution in [0.2, 0.25) is 0 Å². The molecule has 2 aromatic carbocycles. The summed E-state index contributed by atoms with van der Waals surface area (Å²) in [5, 5.41) is 0. The lowest BCUT2D eigenvalue weighted by Gasteiger charge is -2.22. The molecule has 124 valence electrons. The Balaban J connectivity index is 1.96. The maximum Gasteiger partial charge on any atom is 0.258 e. The molecule has 0 saturated carbocycles. The lowest BCUT2D eigenvalue weighted by Crippen LogP contribution is -2.31. The van der Waals surface area contributed by atoms with Gasteiger partial charge >= 0.3 is 0 Å². The van der Waals surface area contributed by atoms with E-state index in [1.165, 1.54) is 0 Å². The van der Waals surface area contributed by atoms with Crippen molar-refractivity contribution in [2.45, 2.75) is 13.3 Å². The predicted octanol–water partition coefficient (Wildman–Crippen LogP) is 3.10. The van der Waals surface area contributed by atoms with Gasteiger partial charge < -0.3 is 14.5 Å². The van der Waals surface area contributed by atoms with Gasteiger partial charge in [0.2, 0.25) is 5.91 Å². The van der Waals surface area contributed by atoms with E-state index < -0.39 is 0 Å². The number of fused-ring (bicyclic) bond motifs is 1. The third-order valence-electron chi connectivity index (χ3n) is 4.14. The number of anilines is 2. The summed E-state index contributed by atoms with van der Waals surface area (Å²) < 4.78 is 5.61. The van der Waals surface area contributed by atoms with Crippen molar-refractivity contribution in [1.82, 2.24) is 0 Å². The second-order valence-corrected chi connectivity index (χ2v) is 5.62. The lowest BCUT2D eigenvalue weighted by molar-refractivity contribution is -0.118. The number of carbonyl (C=O) groups is 2. The highest BCUT2D eigenvalue weighted by Crippen LogP contribution is 2.32. The fourth-order valence-corrected chi connectivity index (χ4v) is 2.79. The molecule has 2 aromatic rings. The van der Waals surface area contributed by atoms with Gasteiger partial charge in [-0.05, 0) is 37.3 Å². The molecule has 0 radical (unpaired) electrons. The molecule has 0 aromatic heterocycles. The van der Waals surface area contributed by atoms with E-state index in [2.05, 4.69) is 0 Å². The summed E-state index contributed by atoms with van der Waals surface area (Å²) in [5.41, 5.74) is 2.01. The van der Waals surface area contributed by atoms with Crippen LogP contribution in [0.1, 0.15) is 23.7 Å². The van der Waals surface area contributed by atoms with Crippen molar-refractivity contribution in [2.24, 2.45) is 0 Å². The van der Waals surface area contributed by atoms with Gasteiger partial charge in [0.05, 0.1) is 18.7 Å². The SMILES string of the molecule is CCN(C(=O)c1ccc2c(c1)N(C)C(=O)CCO2)c1ccccc1. The van der Waals surface area contributed by atoms with Gasteiger partial charge in [0.1, 0.15) is 5.75 Å². The first-order valence-corrected chi connectivity index (χ1v) is 8.02. The molecule has 0 unspecified atom stereocenters. The Morgan fingerprint density at radius 2 is 1.96 bits per heavy atom. The Hall–Kier alpha value is -2.82. The number of benzene rings is 2. The Kier molecular flexibility index (Phi) is 4.51. The second-order valence-electron chi connectivity index (χ2n) is 5.62. The van der Waals surface area contributed by atoms with Crippen molar-refractivity contribution >= 4 is 23.2 Å². The summed E-state index contributed by atoms with van der Waals surface area (Å²) in [4.78, 5) is 28.2. The Morgan fingerprint density at radius 3 is 2.67 bits per heavy atom. The van der Waals surface area contributed by atoms with Crippen molar-refractivity contribution in [2.75, 3.05) is 30.0 Å². The van der Waals surface area contributed by atoms with Crippen LogP contribution < -0.4 is 14.5 Å². The quantitative estimate of drug-likeness (QED) is 0.872. The lowest BCUT2D eigenvalue weighted by atomic mass is 10.1. The summed E-state index contributed by atoms with van der Waals surface area (Å²) in [6, 6.07) is 14.8. The number of rotatable bonds is 3. The van der Waals surface area contributed by atoms with E-state index in [4.69, 9.17) is 4.74 Å². The van der Waals surface area contributed by atoms with Crippen LogP contribution in [0.3, 0.4) is 0 Å². The average molecular weight is 324 g/mol. The molecule has 0 spiro atoms. The number of amides is 2. The number of carbonyl (C=O) groups excluding carboxylic acids is 2. The van der Waals surface area contributed by atoms with Crippen molar-refractivity contribution in [3.05, 3.63) is 54.1 Å². The van der Waals surface area contributed by atoms with Crippen LogP contribution in [0.25, 0.3) is 0 Å². The van der Waals surface area contributed by atoms with Crippen LogP contribution >= 0.6 is 0 Å². The maximum absolute atomic E-state index is 12.9. The summed E-state index contributed by atoms with van der Waals surface area (Å²) in [6.07, 6.45) is 0.333. The third-order valence-corrected chi connectivity index (χ3v) is 4.14. The van der Waals surface area contributed by atoms with Gasteiger partial charge in [0.15, 0.2) is 0 Å². The molecule has 1 heterocycles. The highest BCUT2D eigenvalue weighted by atomic mass is 16.5. The normalized spacial score (nSPS) is 13.8. The van der Waals surface area contributed by atoms with Crippen molar-refractivity contribution in [3.8, 4) is 5.75 Å². The summed E-state index contributed by atoms with van der Waals surface area (Å²) >= 11 is 0. The maximum atomic E-state index is 12.9. The minimum atomic E-state index is -0.100. The number of hydrogen-bond acceptors (Lipinski definition) is 3. The van der Waals surface area contributed by atoms with Gasteiger partial charge in [-0.25, -0.2) is 0 Å². The van der Waals surface area contributed by atoms with Gasteiger partial charge in [-0.1, -0.05) is 18.2 Å². The van der Waals surface area contributed by atoms with Crippen LogP contribution in [0.4, 0.5) is 11.4 Å². The molecule has 2 amide bonds. The monoisotopic (exact) mass is 324 g/mol. The molecule has 1 aliphatic heterocycles. The van der Waals surface area contributed by atoms with E-state index in [0.29, 0.717) is 36.6 Å². The Morgan fingerprint density at radius 1 is 1.21 bits per heavy atom. The summed E-state index contributed by atoms with van der Waals surface area (Å²) in [7, 11) is 1.71. The van der Waals surface area contributed by atoms with Crippen molar-refractivity contribution in [3.63, 3.8) is 0 Å². The second kappa shape index (κ2) is 6.74. The highest BCUT2D eigenvalue weighted by molar-refractivity contribution is 6.07. The number of ether oxygens (including phenoxy) is 1. The molecule has 0 bridgehead atoms. The van der Waals surface area contributed by atoms with E-state index >= 15 is 0 Å². The Bertz CT molecular complexity index is 758. The minimum Gasteiger partial charge on any atom is -0.491 e. The molecule has 0 aliphatic carbocycles. The van der Waals surface area contributed by atoms with Crippen LogP contribution in [-0.4, -0.2) is 32.0 Å². The number of nitrogens with zero attached hydrogens (tertiary/aromatic N) is 2. The molecule has 1 aliphatic rings. The molecule has 0 N–H and O–H groups in total. The molecule has 5 heteroatoms.